The van der Waals surface area contributed by atoms with Crippen molar-refractivity contribution in [1.82, 2.24) is 9.97 Å². The van der Waals surface area contributed by atoms with Crippen LogP contribution in [0.15, 0.2) is 6.07 Å². The largest absolute Gasteiger partial charge is 0.371 e. The Hall–Kier alpha value is -1.20. The van der Waals surface area contributed by atoms with Gasteiger partial charge in [-0.05, 0) is 26.2 Å². The van der Waals surface area contributed by atoms with E-state index < -0.39 is 0 Å². The Morgan fingerprint density at radius 3 is 2.70 bits per heavy atom. The van der Waals surface area contributed by atoms with Gasteiger partial charge < -0.3 is 10.2 Å². The Morgan fingerprint density at radius 2 is 2.10 bits per heavy atom. The monoisotopic (exact) mass is 278 g/mol. The molecule has 5 heteroatoms. The van der Waals surface area contributed by atoms with Gasteiger partial charge in [-0.25, -0.2) is 15.8 Å². The SMILES string of the molecule is CCCC(OCC)c1nc(NN)cc(C2CCCC2)n1. The minimum Gasteiger partial charge on any atom is -0.371 e. The highest BCUT2D eigenvalue weighted by atomic mass is 16.5. The zero-order chi connectivity index (χ0) is 14.4. The molecule has 1 atom stereocenters. The van der Waals surface area contributed by atoms with Gasteiger partial charge in [-0.3, -0.25) is 0 Å². The maximum Gasteiger partial charge on any atom is 0.159 e. The van der Waals surface area contributed by atoms with Gasteiger partial charge in [-0.1, -0.05) is 26.2 Å². The second-order valence-electron chi connectivity index (χ2n) is 5.39. The van der Waals surface area contributed by atoms with Crippen molar-refractivity contribution >= 4 is 5.82 Å². The van der Waals surface area contributed by atoms with Gasteiger partial charge in [-0.2, -0.15) is 0 Å². The average Bonchev–Trinajstić information content (AvgIpc) is 3.01. The standard InChI is InChI=1S/C15H26N4O/c1-3-7-13(20-4-2)15-17-12(10-14(18-15)19-16)11-8-5-6-9-11/h10-11,13H,3-9,16H2,1-2H3,(H,17,18,19). The number of hydrazine groups is 1. The second kappa shape index (κ2) is 7.55. The molecular weight excluding hydrogens is 252 g/mol. The summed E-state index contributed by atoms with van der Waals surface area (Å²) in [4.78, 5) is 9.26. The number of anilines is 1. The topological polar surface area (TPSA) is 73.1 Å². The molecule has 1 aromatic rings. The Bertz CT molecular complexity index is 412. The highest BCUT2D eigenvalue weighted by Crippen LogP contribution is 2.34. The number of ether oxygens (including phenoxy) is 1. The summed E-state index contributed by atoms with van der Waals surface area (Å²) < 4.78 is 5.79. The lowest BCUT2D eigenvalue weighted by atomic mass is 10.0. The predicted molar refractivity (Wildman–Crippen MR) is 80.3 cm³/mol. The molecule has 20 heavy (non-hydrogen) atoms. The maximum absolute atomic E-state index is 5.79. The van der Waals surface area contributed by atoms with Crippen LogP contribution < -0.4 is 11.3 Å². The van der Waals surface area contributed by atoms with Crippen LogP contribution >= 0.6 is 0 Å². The Morgan fingerprint density at radius 1 is 1.35 bits per heavy atom. The van der Waals surface area contributed by atoms with E-state index in [0.29, 0.717) is 18.3 Å². The minimum atomic E-state index is -0.0292. The predicted octanol–water partition coefficient (Wildman–Crippen LogP) is 3.30. The van der Waals surface area contributed by atoms with Crippen molar-refractivity contribution < 1.29 is 4.74 Å². The molecule has 0 saturated heterocycles. The van der Waals surface area contributed by atoms with Crippen molar-refractivity contribution in [2.75, 3.05) is 12.0 Å². The van der Waals surface area contributed by atoms with E-state index in [1.807, 2.05) is 13.0 Å². The normalized spacial score (nSPS) is 17.4. The van der Waals surface area contributed by atoms with E-state index in [1.54, 1.807) is 0 Å². The van der Waals surface area contributed by atoms with Crippen molar-refractivity contribution in [3.05, 3.63) is 17.6 Å². The molecule has 3 N–H and O–H groups in total. The first-order valence-corrected chi connectivity index (χ1v) is 7.75. The molecule has 1 saturated carbocycles. The number of nitrogens with zero attached hydrogens (tertiary/aromatic N) is 2. The third-order valence-corrected chi connectivity index (χ3v) is 3.89. The Kier molecular flexibility index (Phi) is 5.73. The van der Waals surface area contributed by atoms with Gasteiger partial charge in [0, 0.05) is 24.3 Å². The van der Waals surface area contributed by atoms with E-state index in [1.165, 1.54) is 25.7 Å². The van der Waals surface area contributed by atoms with Crippen molar-refractivity contribution in [3.8, 4) is 0 Å². The molecule has 1 aromatic heterocycles. The molecule has 5 nitrogen and oxygen atoms in total. The number of aromatic nitrogens is 2. The molecule has 1 aliphatic carbocycles. The molecule has 2 rings (SSSR count). The number of nitrogens with two attached hydrogens (primary N) is 1. The van der Waals surface area contributed by atoms with E-state index in [2.05, 4.69) is 17.3 Å². The van der Waals surface area contributed by atoms with Crippen LogP contribution in [0.3, 0.4) is 0 Å². The molecule has 0 amide bonds. The molecule has 0 spiro atoms. The minimum absolute atomic E-state index is 0.0292. The van der Waals surface area contributed by atoms with Crippen LogP contribution in [-0.4, -0.2) is 16.6 Å². The summed E-state index contributed by atoms with van der Waals surface area (Å²) in [6.07, 6.45) is 6.97. The zero-order valence-electron chi connectivity index (χ0n) is 12.6. The van der Waals surface area contributed by atoms with Crippen LogP contribution in [0.1, 0.15) is 75.9 Å². The van der Waals surface area contributed by atoms with Gasteiger partial charge in [0.05, 0.1) is 0 Å². The van der Waals surface area contributed by atoms with Gasteiger partial charge in [-0.15, -0.1) is 0 Å². The zero-order valence-corrected chi connectivity index (χ0v) is 12.6. The molecule has 1 heterocycles. The van der Waals surface area contributed by atoms with E-state index in [-0.39, 0.29) is 6.10 Å². The second-order valence-corrected chi connectivity index (χ2v) is 5.39. The van der Waals surface area contributed by atoms with Gasteiger partial charge in [0.25, 0.3) is 0 Å². The molecule has 112 valence electrons. The van der Waals surface area contributed by atoms with Gasteiger partial charge in [0.2, 0.25) is 0 Å². The first-order valence-electron chi connectivity index (χ1n) is 7.75. The van der Waals surface area contributed by atoms with Crippen molar-refractivity contribution in [2.24, 2.45) is 5.84 Å². The smallest absolute Gasteiger partial charge is 0.159 e. The van der Waals surface area contributed by atoms with Crippen molar-refractivity contribution in [1.29, 1.82) is 0 Å². The molecule has 0 bridgehead atoms. The Labute approximate surface area is 121 Å². The van der Waals surface area contributed by atoms with E-state index in [9.17, 15) is 0 Å². The maximum atomic E-state index is 5.79. The van der Waals surface area contributed by atoms with Crippen LogP contribution in [0, 0.1) is 0 Å². The number of hydrogen-bond acceptors (Lipinski definition) is 5. The van der Waals surface area contributed by atoms with Crippen molar-refractivity contribution in [3.63, 3.8) is 0 Å². The highest BCUT2D eigenvalue weighted by Gasteiger charge is 2.22. The van der Waals surface area contributed by atoms with Crippen LogP contribution in [0.5, 0.6) is 0 Å². The van der Waals surface area contributed by atoms with Crippen molar-refractivity contribution in [2.45, 2.75) is 64.4 Å². The quantitative estimate of drug-likeness (QED) is 0.591. The lowest BCUT2D eigenvalue weighted by Crippen LogP contribution is -2.16. The van der Waals surface area contributed by atoms with Crippen LogP contribution in [0.4, 0.5) is 5.82 Å². The third kappa shape index (κ3) is 3.67. The summed E-state index contributed by atoms with van der Waals surface area (Å²) in [7, 11) is 0. The van der Waals surface area contributed by atoms with Crippen LogP contribution in [0.2, 0.25) is 0 Å². The van der Waals surface area contributed by atoms with E-state index in [0.717, 1.165) is 24.4 Å². The van der Waals surface area contributed by atoms with E-state index >= 15 is 0 Å². The fourth-order valence-corrected chi connectivity index (χ4v) is 2.88. The first-order chi connectivity index (χ1) is 9.78. The molecule has 1 unspecified atom stereocenters. The van der Waals surface area contributed by atoms with Crippen LogP contribution in [0.25, 0.3) is 0 Å². The molecule has 1 aliphatic rings. The number of rotatable bonds is 7. The fourth-order valence-electron chi connectivity index (χ4n) is 2.88. The van der Waals surface area contributed by atoms with Gasteiger partial charge in [0.15, 0.2) is 5.82 Å². The molecular formula is C15H26N4O. The number of hydrogen-bond donors (Lipinski definition) is 2. The molecule has 0 radical (unpaired) electrons. The van der Waals surface area contributed by atoms with Gasteiger partial charge >= 0.3 is 0 Å². The summed E-state index contributed by atoms with van der Waals surface area (Å²) in [5.41, 5.74) is 3.78. The highest BCUT2D eigenvalue weighted by molar-refractivity contribution is 5.36. The summed E-state index contributed by atoms with van der Waals surface area (Å²) in [5, 5.41) is 0. The third-order valence-electron chi connectivity index (χ3n) is 3.89. The average molecular weight is 278 g/mol. The lowest BCUT2D eigenvalue weighted by molar-refractivity contribution is 0.0492. The number of nitrogen functional groups attached to an aromatic ring is 1. The van der Waals surface area contributed by atoms with E-state index in [4.69, 9.17) is 15.6 Å². The molecule has 0 aromatic carbocycles. The number of nitrogens with one attached hydrogen (secondary N) is 1. The van der Waals surface area contributed by atoms with Gasteiger partial charge in [0.1, 0.15) is 11.9 Å². The first kappa shape index (κ1) is 15.2. The Balaban J connectivity index is 2.27. The molecule has 0 aliphatic heterocycles. The lowest BCUT2D eigenvalue weighted by Gasteiger charge is -2.18. The summed E-state index contributed by atoms with van der Waals surface area (Å²) in [6.45, 7) is 4.83. The fraction of sp³-hybridized carbons (Fsp3) is 0.733. The van der Waals surface area contributed by atoms with Crippen LogP contribution in [-0.2, 0) is 4.74 Å². The summed E-state index contributed by atoms with van der Waals surface area (Å²) >= 11 is 0. The summed E-state index contributed by atoms with van der Waals surface area (Å²) in [5.74, 6) is 7.56. The molecule has 1 fully saturated rings. The summed E-state index contributed by atoms with van der Waals surface area (Å²) in [6, 6.07) is 1.98.